The number of rotatable bonds is 5. The monoisotopic (exact) mass is 289 g/mol. The number of aryl methyl sites for hydroxylation is 1. The Morgan fingerprint density at radius 1 is 1.38 bits per heavy atom. The Labute approximate surface area is 125 Å². The smallest absolute Gasteiger partial charge is 0.154 e. The third kappa shape index (κ3) is 3.15. The average molecular weight is 289 g/mol. The minimum absolute atomic E-state index is 0.297. The summed E-state index contributed by atoms with van der Waals surface area (Å²) in [6.07, 6.45) is 5.86. The standard InChI is InChI=1S/C15H23N5O/c1-3-20-15(12(2)11-19-8-4-7-16-19)17-14(18-20)13-5-9-21-10-6-13/h4,7-8,12-13H,3,5-6,9-11H2,1-2H3. The van der Waals surface area contributed by atoms with Crippen LogP contribution in [0, 0.1) is 0 Å². The van der Waals surface area contributed by atoms with E-state index in [1.54, 1.807) is 0 Å². The van der Waals surface area contributed by atoms with Crippen LogP contribution in [0.2, 0.25) is 0 Å². The lowest BCUT2D eigenvalue weighted by Gasteiger charge is -2.18. The van der Waals surface area contributed by atoms with Gasteiger partial charge in [-0.3, -0.25) is 4.68 Å². The molecule has 0 saturated carbocycles. The van der Waals surface area contributed by atoms with Gasteiger partial charge in [-0.1, -0.05) is 6.92 Å². The molecule has 114 valence electrons. The van der Waals surface area contributed by atoms with Gasteiger partial charge in [0.25, 0.3) is 0 Å². The highest BCUT2D eigenvalue weighted by Crippen LogP contribution is 2.26. The summed E-state index contributed by atoms with van der Waals surface area (Å²) in [5.41, 5.74) is 0. The molecule has 2 aromatic rings. The molecule has 0 spiro atoms. The summed E-state index contributed by atoms with van der Waals surface area (Å²) in [5.74, 6) is 2.80. The highest BCUT2D eigenvalue weighted by atomic mass is 16.5. The molecule has 0 radical (unpaired) electrons. The lowest BCUT2D eigenvalue weighted by atomic mass is 10.00. The third-order valence-corrected chi connectivity index (χ3v) is 4.06. The summed E-state index contributed by atoms with van der Waals surface area (Å²) < 4.78 is 9.42. The first-order chi connectivity index (χ1) is 10.3. The summed E-state index contributed by atoms with van der Waals surface area (Å²) in [6, 6.07) is 1.95. The molecule has 0 amide bonds. The number of aromatic nitrogens is 5. The van der Waals surface area contributed by atoms with Crippen molar-refractivity contribution < 1.29 is 4.74 Å². The predicted octanol–water partition coefficient (Wildman–Crippen LogP) is 2.19. The minimum atomic E-state index is 0.297. The molecule has 6 nitrogen and oxygen atoms in total. The molecular formula is C15H23N5O. The van der Waals surface area contributed by atoms with Crippen molar-refractivity contribution >= 4 is 0 Å². The van der Waals surface area contributed by atoms with Crippen LogP contribution >= 0.6 is 0 Å². The Morgan fingerprint density at radius 2 is 2.19 bits per heavy atom. The average Bonchev–Trinajstić information content (AvgIpc) is 3.17. The van der Waals surface area contributed by atoms with Gasteiger partial charge < -0.3 is 4.74 Å². The largest absolute Gasteiger partial charge is 0.381 e. The molecule has 21 heavy (non-hydrogen) atoms. The Hall–Kier alpha value is -1.69. The maximum atomic E-state index is 5.43. The van der Waals surface area contributed by atoms with Crippen LogP contribution in [0.5, 0.6) is 0 Å². The number of hydrogen-bond acceptors (Lipinski definition) is 4. The van der Waals surface area contributed by atoms with E-state index in [2.05, 4.69) is 18.9 Å². The molecule has 1 aliphatic rings. The van der Waals surface area contributed by atoms with Crippen LogP contribution in [-0.2, 0) is 17.8 Å². The maximum Gasteiger partial charge on any atom is 0.154 e. The second kappa shape index (κ2) is 6.39. The molecule has 1 atom stereocenters. The first-order valence-corrected chi connectivity index (χ1v) is 7.77. The van der Waals surface area contributed by atoms with E-state index in [-0.39, 0.29) is 0 Å². The van der Waals surface area contributed by atoms with Crippen molar-refractivity contribution in [3.8, 4) is 0 Å². The van der Waals surface area contributed by atoms with Crippen molar-refractivity contribution in [2.75, 3.05) is 13.2 Å². The summed E-state index contributed by atoms with van der Waals surface area (Å²) in [7, 11) is 0. The lowest BCUT2D eigenvalue weighted by molar-refractivity contribution is 0.0835. The van der Waals surface area contributed by atoms with Crippen molar-refractivity contribution in [2.24, 2.45) is 0 Å². The van der Waals surface area contributed by atoms with Crippen molar-refractivity contribution in [2.45, 2.75) is 51.6 Å². The third-order valence-electron chi connectivity index (χ3n) is 4.06. The zero-order valence-electron chi connectivity index (χ0n) is 12.8. The summed E-state index contributed by atoms with van der Waals surface area (Å²) in [5, 5.41) is 9.00. The second-order valence-electron chi connectivity index (χ2n) is 5.66. The zero-order chi connectivity index (χ0) is 14.7. The van der Waals surface area contributed by atoms with Crippen LogP contribution in [0.3, 0.4) is 0 Å². The molecular weight excluding hydrogens is 266 g/mol. The molecule has 3 rings (SSSR count). The molecule has 3 heterocycles. The second-order valence-corrected chi connectivity index (χ2v) is 5.66. The van der Waals surface area contributed by atoms with E-state index >= 15 is 0 Å². The molecule has 0 bridgehead atoms. The van der Waals surface area contributed by atoms with Gasteiger partial charge in [0, 0.05) is 44.0 Å². The van der Waals surface area contributed by atoms with E-state index in [4.69, 9.17) is 14.8 Å². The van der Waals surface area contributed by atoms with Gasteiger partial charge in [0.15, 0.2) is 5.82 Å². The first kappa shape index (κ1) is 14.3. The van der Waals surface area contributed by atoms with Crippen LogP contribution in [0.15, 0.2) is 18.5 Å². The van der Waals surface area contributed by atoms with Gasteiger partial charge in [-0.25, -0.2) is 9.67 Å². The molecule has 1 fully saturated rings. The fraction of sp³-hybridized carbons (Fsp3) is 0.667. The number of ether oxygens (including phenoxy) is 1. The zero-order valence-corrected chi connectivity index (χ0v) is 12.8. The SMILES string of the molecule is CCn1nc(C2CCOCC2)nc1C(C)Cn1cccn1. The van der Waals surface area contributed by atoms with Crippen LogP contribution in [0.4, 0.5) is 0 Å². The van der Waals surface area contributed by atoms with Crippen LogP contribution in [0.1, 0.15) is 50.2 Å². The molecule has 6 heteroatoms. The fourth-order valence-corrected chi connectivity index (χ4v) is 2.87. The van der Waals surface area contributed by atoms with Crippen molar-refractivity contribution in [3.63, 3.8) is 0 Å². The lowest BCUT2D eigenvalue weighted by Crippen LogP contribution is -2.15. The molecule has 1 aliphatic heterocycles. The molecule has 1 saturated heterocycles. The molecule has 0 aromatic carbocycles. The molecule has 0 N–H and O–H groups in total. The maximum absolute atomic E-state index is 5.43. The van der Waals surface area contributed by atoms with E-state index in [0.717, 1.165) is 50.8 Å². The summed E-state index contributed by atoms with van der Waals surface area (Å²) in [4.78, 5) is 4.84. The molecule has 2 aromatic heterocycles. The predicted molar refractivity (Wildman–Crippen MR) is 79.1 cm³/mol. The van der Waals surface area contributed by atoms with Gasteiger partial charge in [-0.15, -0.1) is 0 Å². The van der Waals surface area contributed by atoms with Crippen molar-refractivity contribution in [3.05, 3.63) is 30.1 Å². The summed E-state index contributed by atoms with van der Waals surface area (Å²) in [6.45, 7) is 7.64. The highest BCUT2D eigenvalue weighted by Gasteiger charge is 2.23. The van der Waals surface area contributed by atoms with Gasteiger partial charge in [0.05, 0.1) is 6.54 Å². The Morgan fingerprint density at radius 3 is 2.86 bits per heavy atom. The normalized spacial score (nSPS) is 18.0. The van der Waals surface area contributed by atoms with Crippen LogP contribution in [0.25, 0.3) is 0 Å². The van der Waals surface area contributed by atoms with Gasteiger partial charge in [0.1, 0.15) is 5.82 Å². The van der Waals surface area contributed by atoms with Gasteiger partial charge in [0.2, 0.25) is 0 Å². The molecule has 0 aliphatic carbocycles. The summed E-state index contributed by atoms with van der Waals surface area (Å²) >= 11 is 0. The highest BCUT2D eigenvalue weighted by molar-refractivity contribution is 5.04. The molecule has 1 unspecified atom stereocenters. The first-order valence-electron chi connectivity index (χ1n) is 7.77. The van der Waals surface area contributed by atoms with Gasteiger partial charge in [-0.05, 0) is 25.8 Å². The fourth-order valence-electron chi connectivity index (χ4n) is 2.87. The Bertz CT molecular complexity index is 557. The number of hydrogen-bond donors (Lipinski definition) is 0. The van der Waals surface area contributed by atoms with Gasteiger partial charge >= 0.3 is 0 Å². The van der Waals surface area contributed by atoms with Crippen molar-refractivity contribution in [1.29, 1.82) is 0 Å². The minimum Gasteiger partial charge on any atom is -0.381 e. The Balaban J connectivity index is 1.78. The van der Waals surface area contributed by atoms with Crippen molar-refractivity contribution in [1.82, 2.24) is 24.5 Å². The van der Waals surface area contributed by atoms with E-state index in [9.17, 15) is 0 Å². The quantitative estimate of drug-likeness (QED) is 0.846. The van der Waals surface area contributed by atoms with Crippen LogP contribution in [-0.4, -0.2) is 37.8 Å². The van der Waals surface area contributed by atoms with E-state index in [1.807, 2.05) is 27.8 Å². The number of nitrogens with zero attached hydrogens (tertiary/aromatic N) is 5. The van der Waals surface area contributed by atoms with E-state index in [0.29, 0.717) is 11.8 Å². The van der Waals surface area contributed by atoms with Gasteiger partial charge in [-0.2, -0.15) is 10.2 Å². The van der Waals surface area contributed by atoms with Crippen LogP contribution < -0.4 is 0 Å². The van der Waals surface area contributed by atoms with E-state index < -0.39 is 0 Å². The Kier molecular flexibility index (Phi) is 4.34. The topological polar surface area (TPSA) is 57.8 Å². The van der Waals surface area contributed by atoms with E-state index in [1.165, 1.54) is 0 Å².